The van der Waals surface area contributed by atoms with Gasteiger partial charge in [0.25, 0.3) is 5.91 Å². The van der Waals surface area contributed by atoms with E-state index in [2.05, 4.69) is 10.3 Å². The van der Waals surface area contributed by atoms with Crippen LogP contribution in [-0.4, -0.2) is 17.4 Å². The van der Waals surface area contributed by atoms with Gasteiger partial charge in [-0.05, 0) is 62.5 Å². The third kappa shape index (κ3) is 3.51. The minimum absolute atomic E-state index is 0.109. The van der Waals surface area contributed by atoms with E-state index in [9.17, 15) is 18.0 Å². The SMILES string of the molecule is Cc1nc(C(F)(F)F)ccc1C(=O)NCCC1CC2CCC1C2. The highest BCUT2D eigenvalue weighted by Gasteiger charge is 2.39. The molecule has 0 radical (unpaired) electrons. The lowest BCUT2D eigenvalue weighted by Crippen LogP contribution is -2.28. The van der Waals surface area contributed by atoms with E-state index in [1.807, 2.05) is 0 Å². The Kier molecular flexibility index (Phi) is 4.34. The Hall–Kier alpha value is -1.59. The molecule has 0 aromatic carbocycles. The number of carbonyl (C=O) groups excluding carboxylic acids is 1. The van der Waals surface area contributed by atoms with Crippen molar-refractivity contribution in [3.8, 4) is 0 Å². The number of hydrogen-bond donors (Lipinski definition) is 1. The molecular formula is C17H21F3N2O. The molecule has 2 aliphatic rings. The van der Waals surface area contributed by atoms with Gasteiger partial charge in [0, 0.05) is 6.54 Å². The Morgan fingerprint density at radius 1 is 1.30 bits per heavy atom. The number of rotatable bonds is 4. The number of nitrogens with zero attached hydrogens (tertiary/aromatic N) is 1. The second kappa shape index (κ2) is 6.13. The average molecular weight is 326 g/mol. The van der Waals surface area contributed by atoms with Gasteiger partial charge >= 0.3 is 6.18 Å². The van der Waals surface area contributed by atoms with Crippen molar-refractivity contribution in [2.24, 2.45) is 17.8 Å². The second-order valence-corrected chi connectivity index (χ2v) is 6.81. The zero-order valence-electron chi connectivity index (χ0n) is 13.1. The average Bonchev–Trinajstić information content (AvgIpc) is 3.08. The van der Waals surface area contributed by atoms with E-state index < -0.39 is 11.9 Å². The molecule has 2 bridgehead atoms. The number of amides is 1. The maximum absolute atomic E-state index is 12.6. The Labute approximate surface area is 133 Å². The first-order valence-corrected chi connectivity index (χ1v) is 8.17. The van der Waals surface area contributed by atoms with E-state index in [0.717, 1.165) is 24.3 Å². The minimum atomic E-state index is -4.48. The van der Waals surface area contributed by atoms with Crippen LogP contribution in [0.4, 0.5) is 13.2 Å². The van der Waals surface area contributed by atoms with E-state index in [0.29, 0.717) is 12.5 Å². The van der Waals surface area contributed by atoms with Gasteiger partial charge in [0.05, 0.1) is 11.3 Å². The number of alkyl halides is 3. The summed E-state index contributed by atoms with van der Waals surface area (Å²) >= 11 is 0. The first kappa shape index (κ1) is 16.3. The number of nitrogens with one attached hydrogen (secondary N) is 1. The van der Waals surface area contributed by atoms with Crippen LogP contribution in [0.3, 0.4) is 0 Å². The van der Waals surface area contributed by atoms with Crippen LogP contribution in [0.5, 0.6) is 0 Å². The van der Waals surface area contributed by atoms with Crippen LogP contribution in [0.1, 0.15) is 53.8 Å². The number of halogens is 3. The molecule has 1 aromatic heterocycles. The third-order valence-electron chi connectivity index (χ3n) is 5.31. The maximum atomic E-state index is 12.6. The van der Waals surface area contributed by atoms with Crippen molar-refractivity contribution < 1.29 is 18.0 Å². The summed E-state index contributed by atoms with van der Waals surface area (Å²) in [5.41, 5.74) is -0.642. The molecule has 3 nitrogen and oxygen atoms in total. The zero-order valence-corrected chi connectivity index (χ0v) is 13.1. The predicted molar refractivity (Wildman–Crippen MR) is 79.9 cm³/mol. The summed E-state index contributed by atoms with van der Waals surface area (Å²) in [6.07, 6.45) is 1.73. The number of hydrogen-bond acceptors (Lipinski definition) is 2. The molecule has 1 aromatic rings. The van der Waals surface area contributed by atoms with Gasteiger partial charge in [-0.15, -0.1) is 0 Å². The van der Waals surface area contributed by atoms with E-state index in [4.69, 9.17) is 0 Å². The number of pyridine rings is 1. The summed E-state index contributed by atoms with van der Waals surface area (Å²) in [4.78, 5) is 15.6. The van der Waals surface area contributed by atoms with Gasteiger partial charge in [0.2, 0.25) is 0 Å². The van der Waals surface area contributed by atoms with Gasteiger partial charge in [-0.3, -0.25) is 4.79 Å². The number of aromatic nitrogens is 1. The Bertz CT molecular complexity index is 600. The van der Waals surface area contributed by atoms with Gasteiger partial charge in [-0.2, -0.15) is 13.2 Å². The first-order valence-electron chi connectivity index (χ1n) is 8.17. The van der Waals surface area contributed by atoms with Crippen molar-refractivity contribution in [1.82, 2.24) is 10.3 Å². The van der Waals surface area contributed by atoms with Crippen molar-refractivity contribution in [2.75, 3.05) is 6.54 Å². The highest BCUT2D eigenvalue weighted by atomic mass is 19.4. The summed E-state index contributed by atoms with van der Waals surface area (Å²) in [6, 6.07) is 2.07. The van der Waals surface area contributed by atoms with Crippen molar-refractivity contribution in [3.63, 3.8) is 0 Å². The van der Waals surface area contributed by atoms with Crippen molar-refractivity contribution in [1.29, 1.82) is 0 Å². The van der Waals surface area contributed by atoms with Crippen molar-refractivity contribution in [2.45, 2.75) is 45.2 Å². The predicted octanol–water partition coefficient (Wildman–Crippen LogP) is 3.96. The second-order valence-electron chi connectivity index (χ2n) is 6.81. The van der Waals surface area contributed by atoms with Crippen LogP contribution in [0, 0.1) is 24.7 Å². The quantitative estimate of drug-likeness (QED) is 0.910. The van der Waals surface area contributed by atoms with Crippen molar-refractivity contribution in [3.05, 3.63) is 29.1 Å². The Morgan fingerprint density at radius 2 is 2.09 bits per heavy atom. The smallest absolute Gasteiger partial charge is 0.352 e. The van der Waals surface area contributed by atoms with Crippen LogP contribution in [0.25, 0.3) is 0 Å². The Morgan fingerprint density at radius 3 is 2.65 bits per heavy atom. The molecule has 2 fully saturated rings. The summed E-state index contributed by atoms with van der Waals surface area (Å²) < 4.78 is 37.8. The van der Waals surface area contributed by atoms with E-state index in [-0.39, 0.29) is 17.2 Å². The molecule has 2 aliphatic carbocycles. The fourth-order valence-corrected chi connectivity index (χ4v) is 4.16. The molecule has 126 valence electrons. The standard InChI is InChI=1S/C17H21F3N2O/c1-10-14(4-5-15(22-10)17(18,19)20)16(23)21-7-6-13-9-11-2-3-12(13)8-11/h4-5,11-13H,2-3,6-9H2,1H3,(H,21,23). The fourth-order valence-electron chi connectivity index (χ4n) is 4.16. The maximum Gasteiger partial charge on any atom is 0.433 e. The zero-order chi connectivity index (χ0) is 16.6. The highest BCUT2D eigenvalue weighted by Crippen LogP contribution is 2.49. The molecule has 3 atom stereocenters. The first-order chi connectivity index (χ1) is 10.8. The minimum Gasteiger partial charge on any atom is -0.352 e. The van der Waals surface area contributed by atoms with Gasteiger partial charge in [-0.1, -0.05) is 6.42 Å². The largest absolute Gasteiger partial charge is 0.433 e. The summed E-state index contributed by atoms with van der Waals surface area (Å²) in [5.74, 6) is 2.04. The number of carbonyl (C=O) groups is 1. The van der Waals surface area contributed by atoms with Gasteiger partial charge in [0.15, 0.2) is 0 Å². The lowest BCUT2D eigenvalue weighted by molar-refractivity contribution is -0.141. The fraction of sp³-hybridized carbons (Fsp3) is 0.647. The molecule has 0 spiro atoms. The van der Waals surface area contributed by atoms with Crippen LogP contribution in [-0.2, 0) is 6.18 Å². The number of aryl methyl sites for hydroxylation is 1. The monoisotopic (exact) mass is 326 g/mol. The molecule has 3 unspecified atom stereocenters. The lowest BCUT2D eigenvalue weighted by Gasteiger charge is -2.21. The van der Waals surface area contributed by atoms with Gasteiger partial charge in [-0.25, -0.2) is 4.98 Å². The van der Waals surface area contributed by atoms with Crippen LogP contribution < -0.4 is 5.32 Å². The topological polar surface area (TPSA) is 42.0 Å². The molecule has 1 N–H and O–H groups in total. The Balaban J connectivity index is 1.54. The van der Waals surface area contributed by atoms with Crippen LogP contribution in [0.15, 0.2) is 12.1 Å². The lowest BCUT2D eigenvalue weighted by atomic mass is 9.86. The molecule has 2 saturated carbocycles. The molecule has 0 saturated heterocycles. The van der Waals surface area contributed by atoms with Gasteiger partial charge in [0.1, 0.15) is 5.69 Å². The summed E-state index contributed by atoms with van der Waals surface area (Å²) in [7, 11) is 0. The van der Waals surface area contributed by atoms with Crippen LogP contribution in [0.2, 0.25) is 0 Å². The van der Waals surface area contributed by atoms with E-state index in [1.54, 1.807) is 0 Å². The third-order valence-corrected chi connectivity index (χ3v) is 5.31. The van der Waals surface area contributed by atoms with Gasteiger partial charge < -0.3 is 5.32 Å². The summed E-state index contributed by atoms with van der Waals surface area (Å²) in [6.45, 7) is 2.01. The molecular weight excluding hydrogens is 305 g/mol. The van der Waals surface area contributed by atoms with Crippen LogP contribution >= 0.6 is 0 Å². The summed E-state index contributed by atoms with van der Waals surface area (Å²) in [5, 5.41) is 2.82. The van der Waals surface area contributed by atoms with E-state index >= 15 is 0 Å². The number of fused-ring (bicyclic) bond motifs is 2. The molecule has 1 amide bonds. The molecule has 3 rings (SSSR count). The van der Waals surface area contributed by atoms with Crippen molar-refractivity contribution >= 4 is 5.91 Å². The molecule has 0 aliphatic heterocycles. The molecule has 6 heteroatoms. The van der Waals surface area contributed by atoms with E-state index in [1.165, 1.54) is 38.7 Å². The molecule has 1 heterocycles. The molecule has 23 heavy (non-hydrogen) atoms. The normalized spacial score (nSPS) is 26.5. The highest BCUT2D eigenvalue weighted by molar-refractivity contribution is 5.95.